The molecule has 0 aliphatic carbocycles. The Morgan fingerprint density at radius 1 is 1.27 bits per heavy atom. The third-order valence-electron chi connectivity index (χ3n) is 3.93. The van der Waals surface area contributed by atoms with Gasteiger partial charge >= 0.3 is 0 Å². The van der Waals surface area contributed by atoms with Crippen LogP contribution in [0.1, 0.15) is 17.9 Å². The van der Waals surface area contributed by atoms with Gasteiger partial charge in [-0.2, -0.15) is 0 Å². The zero-order valence-corrected chi connectivity index (χ0v) is 15.3. The Morgan fingerprint density at radius 2 is 2.12 bits per heavy atom. The van der Waals surface area contributed by atoms with Crippen molar-refractivity contribution in [2.45, 2.75) is 19.8 Å². The van der Waals surface area contributed by atoms with Crippen molar-refractivity contribution >= 4 is 23.2 Å². The van der Waals surface area contributed by atoms with Crippen LogP contribution in [0.5, 0.6) is 5.75 Å². The lowest BCUT2D eigenvalue weighted by Gasteiger charge is -2.06. The number of aryl methyl sites for hydroxylation is 2. The maximum absolute atomic E-state index is 12.1. The molecule has 0 saturated heterocycles. The molecule has 0 aliphatic heterocycles. The normalized spacial score (nSPS) is 10.6. The smallest absolute Gasteiger partial charge is 0.224 e. The van der Waals surface area contributed by atoms with Crippen molar-refractivity contribution in [3.63, 3.8) is 0 Å². The summed E-state index contributed by atoms with van der Waals surface area (Å²) in [5.41, 5.74) is 2.52. The number of hydrogen-bond donors (Lipinski definition) is 1. The Hall–Kier alpha value is -2.79. The molecular formula is C20H19ClN2O3. The van der Waals surface area contributed by atoms with Gasteiger partial charge in [0.15, 0.2) is 11.7 Å². The molecule has 3 rings (SSSR count). The average Bonchev–Trinajstić information content (AvgIpc) is 3.12. The molecule has 1 aromatic heterocycles. The van der Waals surface area contributed by atoms with E-state index in [9.17, 15) is 4.79 Å². The van der Waals surface area contributed by atoms with Gasteiger partial charge in [-0.3, -0.25) is 4.79 Å². The van der Waals surface area contributed by atoms with Crippen LogP contribution in [0.2, 0.25) is 5.02 Å². The molecular weight excluding hydrogens is 352 g/mol. The SMILES string of the molecule is COc1cccc(-c2cnc(CCC(=O)Nc3ccc(C)c(Cl)c3)o2)c1. The van der Waals surface area contributed by atoms with Crippen molar-refractivity contribution in [1.29, 1.82) is 0 Å². The fourth-order valence-electron chi connectivity index (χ4n) is 2.45. The molecule has 1 heterocycles. The number of benzene rings is 2. The minimum atomic E-state index is -0.119. The molecule has 0 unspecified atom stereocenters. The van der Waals surface area contributed by atoms with E-state index in [0.717, 1.165) is 16.9 Å². The molecule has 0 atom stereocenters. The van der Waals surface area contributed by atoms with Crippen molar-refractivity contribution < 1.29 is 13.9 Å². The molecule has 0 radical (unpaired) electrons. The molecule has 0 fully saturated rings. The molecule has 1 N–H and O–H groups in total. The van der Waals surface area contributed by atoms with Gasteiger partial charge in [-0.1, -0.05) is 29.8 Å². The first-order chi connectivity index (χ1) is 12.5. The monoisotopic (exact) mass is 370 g/mol. The largest absolute Gasteiger partial charge is 0.497 e. The van der Waals surface area contributed by atoms with E-state index in [2.05, 4.69) is 10.3 Å². The number of amides is 1. The summed E-state index contributed by atoms with van der Waals surface area (Å²) in [6.45, 7) is 1.91. The highest BCUT2D eigenvalue weighted by molar-refractivity contribution is 6.31. The first kappa shape index (κ1) is 18.0. The maximum Gasteiger partial charge on any atom is 0.224 e. The number of ether oxygens (including phenoxy) is 1. The number of carbonyl (C=O) groups is 1. The second kappa shape index (κ2) is 8.06. The van der Waals surface area contributed by atoms with Crippen LogP contribution in [-0.2, 0) is 11.2 Å². The van der Waals surface area contributed by atoms with E-state index in [4.69, 9.17) is 20.8 Å². The van der Waals surface area contributed by atoms with Gasteiger partial charge in [-0.05, 0) is 36.8 Å². The second-order valence-corrected chi connectivity index (χ2v) is 6.27. The number of methoxy groups -OCH3 is 1. The summed E-state index contributed by atoms with van der Waals surface area (Å²) in [4.78, 5) is 16.3. The van der Waals surface area contributed by atoms with Crippen LogP contribution in [0.15, 0.2) is 53.1 Å². The van der Waals surface area contributed by atoms with Crippen molar-refractivity contribution in [3.05, 3.63) is 65.1 Å². The number of nitrogens with zero attached hydrogens (tertiary/aromatic N) is 1. The highest BCUT2D eigenvalue weighted by Gasteiger charge is 2.10. The Balaban J connectivity index is 1.58. The van der Waals surface area contributed by atoms with Gasteiger partial charge in [-0.25, -0.2) is 4.98 Å². The summed E-state index contributed by atoms with van der Waals surface area (Å²) in [5.74, 6) is 1.78. The van der Waals surface area contributed by atoms with Gasteiger partial charge in [-0.15, -0.1) is 0 Å². The van der Waals surface area contributed by atoms with Crippen LogP contribution in [0.4, 0.5) is 5.69 Å². The molecule has 2 aromatic carbocycles. The number of hydrogen-bond acceptors (Lipinski definition) is 4. The molecule has 5 nitrogen and oxygen atoms in total. The van der Waals surface area contributed by atoms with E-state index in [1.165, 1.54) is 0 Å². The van der Waals surface area contributed by atoms with Crippen LogP contribution in [0.25, 0.3) is 11.3 Å². The van der Waals surface area contributed by atoms with E-state index >= 15 is 0 Å². The molecule has 0 aliphatic rings. The third kappa shape index (κ3) is 4.43. The lowest BCUT2D eigenvalue weighted by molar-refractivity contribution is -0.116. The molecule has 0 spiro atoms. The number of nitrogens with one attached hydrogen (secondary N) is 1. The fraction of sp³-hybridized carbons (Fsp3) is 0.200. The molecule has 0 saturated carbocycles. The average molecular weight is 371 g/mol. The quantitative estimate of drug-likeness (QED) is 0.671. The van der Waals surface area contributed by atoms with Crippen molar-refractivity contribution in [1.82, 2.24) is 4.98 Å². The van der Waals surface area contributed by atoms with Gasteiger partial charge < -0.3 is 14.5 Å². The number of halogens is 1. The Kier molecular flexibility index (Phi) is 5.58. The van der Waals surface area contributed by atoms with Gasteiger partial charge in [0.2, 0.25) is 5.91 Å². The number of anilines is 1. The van der Waals surface area contributed by atoms with Crippen LogP contribution in [0, 0.1) is 6.92 Å². The Morgan fingerprint density at radius 3 is 2.88 bits per heavy atom. The predicted molar refractivity (Wildman–Crippen MR) is 102 cm³/mol. The Bertz CT molecular complexity index is 921. The Labute approximate surface area is 157 Å². The van der Waals surface area contributed by atoms with E-state index < -0.39 is 0 Å². The topological polar surface area (TPSA) is 64.4 Å². The molecule has 6 heteroatoms. The first-order valence-electron chi connectivity index (χ1n) is 8.20. The van der Waals surface area contributed by atoms with Gasteiger partial charge in [0.1, 0.15) is 5.75 Å². The van der Waals surface area contributed by atoms with Crippen LogP contribution < -0.4 is 10.1 Å². The van der Waals surface area contributed by atoms with Gasteiger partial charge in [0.05, 0.1) is 13.3 Å². The summed E-state index contributed by atoms with van der Waals surface area (Å²) in [7, 11) is 1.62. The molecule has 3 aromatic rings. The third-order valence-corrected chi connectivity index (χ3v) is 4.34. The minimum absolute atomic E-state index is 0.119. The summed E-state index contributed by atoms with van der Waals surface area (Å²) in [5, 5.41) is 3.45. The van der Waals surface area contributed by atoms with Crippen molar-refractivity contribution in [2.24, 2.45) is 0 Å². The van der Waals surface area contributed by atoms with E-state index in [1.807, 2.05) is 43.3 Å². The van der Waals surface area contributed by atoms with E-state index in [0.29, 0.717) is 28.8 Å². The van der Waals surface area contributed by atoms with Crippen LogP contribution in [0.3, 0.4) is 0 Å². The lowest BCUT2D eigenvalue weighted by atomic mass is 10.2. The molecule has 0 bridgehead atoms. The highest BCUT2D eigenvalue weighted by Crippen LogP contribution is 2.25. The lowest BCUT2D eigenvalue weighted by Crippen LogP contribution is -2.12. The first-order valence-corrected chi connectivity index (χ1v) is 8.58. The molecule has 134 valence electrons. The standard InChI is InChI=1S/C20H19ClN2O3/c1-13-6-7-15(11-17(13)21)23-19(24)8-9-20-22-12-18(26-20)14-4-3-5-16(10-14)25-2/h3-7,10-12H,8-9H2,1-2H3,(H,23,24). The van der Waals surface area contributed by atoms with Crippen molar-refractivity contribution in [2.75, 3.05) is 12.4 Å². The number of aromatic nitrogens is 1. The van der Waals surface area contributed by atoms with Crippen molar-refractivity contribution in [3.8, 4) is 17.1 Å². The van der Waals surface area contributed by atoms with E-state index in [1.54, 1.807) is 19.4 Å². The molecule has 1 amide bonds. The maximum atomic E-state index is 12.1. The zero-order valence-electron chi connectivity index (χ0n) is 14.6. The highest BCUT2D eigenvalue weighted by atomic mass is 35.5. The summed E-state index contributed by atoms with van der Waals surface area (Å²) < 4.78 is 10.9. The number of oxazole rings is 1. The van der Waals surface area contributed by atoms with Gasteiger partial charge in [0, 0.05) is 29.1 Å². The zero-order chi connectivity index (χ0) is 18.5. The number of rotatable bonds is 6. The fourth-order valence-corrected chi connectivity index (χ4v) is 2.63. The van der Waals surface area contributed by atoms with E-state index in [-0.39, 0.29) is 12.3 Å². The summed E-state index contributed by atoms with van der Waals surface area (Å²) in [6, 6.07) is 13.0. The second-order valence-electron chi connectivity index (χ2n) is 5.86. The summed E-state index contributed by atoms with van der Waals surface area (Å²) in [6.07, 6.45) is 2.33. The summed E-state index contributed by atoms with van der Waals surface area (Å²) >= 11 is 6.07. The van der Waals surface area contributed by atoms with Crippen LogP contribution >= 0.6 is 11.6 Å². The minimum Gasteiger partial charge on any atom is -0.497 e. The van der Waals surface area contributed by atoms with Gasteiger partial charge in [0.25, 0.3) is 0 Å². The number of carbonyl (C=O) groups excluding carboxylic acids is 1. The molecule has 26 heavy (non-hydrogen) atoms. The predicted octanol–water partition coefficient (Wildman–Crippen LogP) is 4.88. The van der Waals surface area contributed by atoms with Crippen LogP contribution in [-0.4, -0.2) is 18.0 Å².